The molecule has 2 rings (SSSR count). The van der Waals surface area contributed by atoms with E-state index in [4.69, 9.17) is 5.11 Å². The summed E-state index contributed by atoms with van der Waals surface area (Å²) in [4.78, 5) is 14.4. The topological polar surface area (TPSA) is 64.6 Å². The Labute approximate surface area is 132 Å². The Morgan fingerprint density at radius 1 is 1.45 bits per heavy atom. The summed E-state index contributed by atoms with van der Waals surface area (Å²) in [5.74, 6) is 0.437. The average molecular weight is 305 g/mol. The molecule has 1 amide bonds. The van der Waals surface area contributed by atoms with Gasteiger partial charge in [-0.05, 0) is 37.1 Å². The molecule has 1 aliphatic rings. The third-order valence-electron chi connectivity index (χ3n) is 4.31. The van der Waals surface area contributed by atoms with Crippen LogP contribution in [0, 0.1) is 5.92 Å². The Morgan fingerprint density at radius 2 is 2.27 bits per heavy atom. The molecular weight excluding hydrogens is 278 g/mol. The number of benzene rings is 1. The van der Waals surface area contributed by atoms with Crippen LogP contribution >= 0.6 is 0 Å². The Hall–Kier alpha value is -1.59. The van der Waals surface area contributed by atoms with Gasteiger partial charge in [0.2, 0.25) is 0 Å². The van der Waals surface area contributed by atoms with Crippen molar-refractivity contribution >= 4 is 11.6 Å². The number of rotatable bonds is 6. The van der Waals surface area contributed by atoms with Crippen molar-refractivity contribution in [1.29, 1.82) is 0 Å². The number of amides is 1. The van der Waals surface area contributed by atoms with Crippen molar-refractivity contribution in [3.63, 3.8) is 0 Å². The second-order valence-corrected chi connectivity index (χ2v) is 5.97. The number of nitrogens with one attached hydrogen (secondary N) is 2. The van der Waals surface area contributed by atoms with Crippen LogP contribution in [0.3, 0.4) is 0 Å². The van der Waals surface area contributed by atoms with Gasteiger partial charge in [0.15, 0.2) is 0 Å². The maximum absolute atomic E-state index is 11.9. The number of carbonyl (C=O) groups excluding carboxylic acids is 1. The SMILES string of the molecule is CCN1CCC(Nc2cccc(C(=O)NCCO)c2)C(C)C1. The predicted octanol–water partition coefficient (Wildman–Crippen LogP) is 1.55. The molecule has 1 aliphatic heterocycles. The summed E-state index contributed by atoms with van der Waals surface area (Å²) < 4.78 is 0. The molecule has 1 aromatic carbocycles. The summed E-state index contributed by atoms with van der Waals surface area (Å²) in [7, 11) is 0. The van der Waals surface area contributed by atoms with Crippen LogP contribution in [0.15, 0.2) is 24.3 Å². The molecule has 2 atom stereocenters. The first kappa shape index (κ1) is 16.8. The van der Waals surface area contributed by atoms with Crippen molar-refractivity contribution in [2.45, 2.75) is 26.3 Å². The van der Waals surface area contributed by atoms with Crippen LogP contribution in [-0.4, -0.2) is 54.7 Å². The molecule has 0 aliphatic carbocycles. The van der Waals surface area contributed by atoms with Crippen LogP contribution in [0.4, 0.5) is 5.69 Å². The highest BCUT2D eigenvalue weighted by Crippen LogP contribution is 2.21. The van der Waals surface area contributed by atoms with Gasteiger partial charge < -0.3 is 20.6 Å². The van der Waals surface area contributed by atoms with E-state index in [0.29, 0.717) is 17.5 Å². The largest absolute Gasteiger partial charge is 0.395 e. The van der Waals surface area contributed by atoms with Crippen LogP contribution in [0.25, 0.3) is 0 Å². The van der Waals surface area contributed by atoms with Gasteiger partial charge in [-0.3, -0.25) is 4.79 Å². The number of aliphatic hydroxyl groups is 1. The highest BCUT2D eigenvalue weighted by molar-refractivity contribution is 5.95. The van der Waals surface area contributed by atoms with Gasteiger partial charge in [-0.2, -0.15) is 0 Å². The van der Waals surface area contributed by atoms with Crippen LogP contribution < -0.4 is 10.6 Å². The first-order chi connectivity index (χ1) is 10.6. The molecule has 22 heavy (non-hydrogen) atoms. The van der Waals surface area contributed by atoms with E-state index in [-0.39, 0.29) is 19.1 Å². The predicted molar refractivity (Wildman–Crippen MR) is 89.2 cm³/mol. The van der Waals surface area contributed by atoms with E-state index in [1.165, 1.54) is 0 Å². The molecular formula is C17H27N3O2. The van der Waals surface area contributed by atoms with Gasteiger partial charge in [0.1, 0.15) is 0 Å². The number of piperidine rings is 1. The van der Waals surface area contributed by atoms with E-state index in [0.717, 1.165) is 31.7 Å². The van der Waals surface area contributed by atoms with Crippen molar-refractivity contribution in [1.82, 2.24) is 10.2 Å². The quantitative estimate of drug-likeness (QED) is 0.746. The van der Waals surface area contributed by atoms with Crippen molar-refractivity contribution in [3.8, 4) is 0 Å². The number of carbonyl (C=O) groups is 1. The zero-order chi connectivity index (χ0) is 15.9. The summed E-state index contributed by atoms with van der Waals surface area (Å²) in [6, 6.07) is 8.01. The van der Waals surface area contributed by atoms with Gasteiger partial charge in [-0.15, -0.1) is 0 Å². The molecule has 0 bridgehead atoms. The second-order valence-electron chi connectivity index (χ2n) is 5.97. The molecule has 0 saturated carbocycles. The molecule has 5 nitrogen and oxygen atoms in total. The van der Waals surface area contributed by atoms with E-state index < -0.39 is 0 Å². The fourth-order valence-electron chi connectivity index (χ4n) is 2.97. The maximum atomic E-state index is 11.9. The third kappa shape index (κ3) is 4.45. The lowest BCUT2D eigenvalue weighted by atomic mass is 9.93. The number of hydrogen-bond donors (Lipinski definition) is 3. The van der Waals surface area contributed by atoms with Crippen molar-refractivity contribution in [3.05, 3.63) is 29.8 Å². The molecule has 1 saturated heterocycles. The number of hydrogen-bond acceptors (Lipinski definition) is 4. The van der Waals surface area contributed by atoms with Gasteiger partial charge in [0.05, 0.1) is 6.61 Å². The van der Waals surface area contributed by atoms with E-state index in [2.05, 4.69) is 29.4 Å². The highest BCUT2D eigenvalue weighted by Gasteiger charge is 2.25. The Balaban J connectivity index is 1.97. The van der Waals surface area contributed by atoms with E-state index in [9.17, 15) is 4.79 Å². The highest BCUT2D eigenvalue weighted by atomic mass is 16.3. The van der Waals surface area contributed by atoms with Gasteiger partial charge in [-0.1, -0.05) is 19.9 Å². The molecule has 1 fully saturated rings. The van der Waals surface area contributed by atoms with Gasteiger partial charge in [-0.25, -0.2) is 0 Å². The zero-order valence-corrected chi connectivity index (χ0v) is 13.5. The van der Waals surface area contributed by atoms with E-state index in [1.54, 1.807) is 6.07 Å². The fourth-order valence-corrected chi connectivity index (χ4v) is 2.97. The first-order valence-electron chi connectivity index (χ1n) is 8.12. The lowest BCUT2D eigenvalue weighted by Gasteiger charge is -2.37. The molecule has 1 aromatic rings. The summed E-state index contributed by atoms with van der Waals surface area (Å²) in [6.45, 7) is 8.06. The average Bonchev–Trinajstić information content (AvgIpc) is 2.54. The smallest absolute Gasteiger partial charge is 0.251 e. The Kier molecular flexibility index (Phi) is 6.21. The minimum Gasteiger partial charge on any atom is -0.395 e. The minimum atomic E-state index is -0.147. The number of likely N-dealkylation sites (tertiary alicyclic amines) is 1. The van der Waals surface area contributed by atoms with Crippen molar-refractivity contribution in [2.75, 3.05) is 38.1 Å². The molecule has 5 heteroatoms. The first-order valence-corrected chi connectivity index (χ1v) is 8.12. The lowest BCUT2D eigenvalue weighted by Crippen LogP contribution is -2.45. The summed E-state index contributed by atoms with van der Waals surface area (Å²) >= 11 is 0. The Bertz CT molecular complexity index is 493. The number of nitrogens with zero attached hydrogens (tertiary/aromatic N) is 1. The van der Waals surface area contributed by atoms with E-state index in [1.807, 2.05) is 18.2 Å². The van der Waals surface area contributed by atoms with Gasteiger partial charge in [0, 0.05) is 36.9 Å². The summed E-state index contributed by atoms with van der Waals surface area (Å²) in [6.07, 6.45) is 1.12. The van der Waals surface area contributed by atoms with Crippen molar-refractivity contribution in [2.24, 2.45) is 5.92 Å². The number of anilines is 1. The third-order valence-corrected chi connectivity index (χ3v) is 4.31. The number of aliphatic hydroxyl groups excluding tert-OH is 1. The van der Waals surface area contributed by atoms with Crippen LogP contribution in [0.5, 0.6) is 0 Å². The molecule has 2 unspecified atom stereocenters. The van der Waals surface area contributed by atoms with Crippen LogP contribution in [0.2, 0.25) is 0 Å². The molecule has 0 radical (unpaired) electrons. The molecule has 122 valence electrons. The fraction of sp³-hybridized carbons (Fsp3) is 0.588. The van der Waals surface area contributed by atoms with Gasteiger partial charge in [0.25, 0.3) is 5.91 Å². The standard InChI is InChI=1S/C17H27N3O2/c1-3-20-9-7-16(13(2)12-20)19-15-6-4-5-14(11-15)17(22)18-8-10-21/h4-6,11,13,16,19,21H,3,7-10,12H2,1-2H3,(H,18,22). The Morgan fingerprint density at radius 3 is 2.95 bits per heavy atom. The monoisotopic (exact) mass is 305 g/mol. The molecule has 1 heterocycles. The molecule has 0 spiro atoms. The second kappa shape index (κ2) is 8.15. The molecule has 3 N–H and O–H groups in total. The minimum absolute atomic E-state index is 0.0444. The van der Waals surface area contributed by atoms with Crippen LogP contribution in [-0.2, 0) is 0 Å². The van der Waals surface area contributed by atoms with E-state index >= 15 is 0 Å². The summed E-state index contributed by atoms with van der Waals surface area (Å²) in [5.41, 5.74) is 1.61. The van der Waals surface area contributed by atoms with Crippen molar-refractivity contribution < 1.29 is 9.90 Å². The normalized spacial score (nSPS) is 22.3. The zero-order valence-electron chi connectivity index (χ0n) is 13.5. The maximum Gasteiger partial charge on any atom is 0.251 e. The van der Waals surface area contributed by atoms with Gasteiger partial charge >= 0.3 is 0 Å². The molecule has 0 aromatic heterocycles. The van der Waals surface area contributed by atoms with Crippen LogP contribution in [0.1, 0.15) is 30.6 Å². The lowest BCUT2D eigenvalue weighted by molar-refractivity contribution is 0.0945. The summed E-state index contributed by atoms with van der Waals surface area (Å²) in [5, 5.41) is 15.0.